The minimum absolute atomic E-state index is 0.169. The highest BCUT2D eigenvalue weighted by atomic mass is 16.2. The van der Waals surface area contributed by atoms with Crippen LogP contribution in [0.4, 0.5) is 4.79 Å². The Kier molecular flexibility index (Phi) is 5.67. The summed E-state index contributed by atoms with van der Waals surface area (Å²) in [6, 6.07) is 0.946. The predicted octanol–water partition coefficient (Wildman–Crippen LogP) is 2.39. The Morgan fingerprint density at radius 2 is 1.58 bits per heavy atom. The number of hydrogen-bond acceptors (Lipinski definition) is 4. The van der Waals surface area contributed by atoms with E-state index >= 15 is 0 Å². The van der Waals surface area contributed by atoms with E-state index in [0.717, 1.165) is 95.5 Å². The molecular weight excluding hydrogens is 392 g/mol. The number of likely N-dealkylation sites (N-methyl/N-ethyl adjacent to an activating group) is 1. The topological polar surface area (TPSA) is 64.9 Å². The Morgan fingerprint density at radius 3 is 2.19 bits per heavy atom. The van der Waals surface area contributed by atoms with E-state index in [4.69, 9.17) is 5.10 Å². The first kappa shape index (κ1) is 20.8. The van der Waals surface area contributed by atoms with Gasteiger partial charge in [-0.05, 0) is 59.0 Å². The van der Waals surface area contributed by atoms with Crippen molar-refractivity contribution in [3.05, 3.63) is 17.5 Å². The third-order valence-electron chi connectivity index (χ3n) is 7.67. The standard InChI is InChI=1S/C23H36N6O2/c1-25(2)19-9-14-28(16-19)23(31)27-12-7-18(8-13-27)29-21(17-5-6-17)20(15-24-29)22(30)26-10-3-4-11-26/h15,17-19H,3-14,16H2,1-2H3. The molecule has 8 nitrogen and oxygen atoms in total. The Hall–Kier alpha value is -2.09. The second-order valence-corrected chi connectivity index (χ2v) is 10.0. The molecule has 0 spiro atoms. The van der Waals surface area contributed by atoms with E-state index in [2.05, 4.69) is 23.7 Å². The Balaban J connectivity index is 1.24. The average molecular weight is 429 g/mol. The van der Waals surface area contributed by atoms with E-state index in [1.807, 2.05) is 20.9 Å². The van der Waals surface area contributed by atoms with Crippen LogP contribution in [0.3, 0.4) is 0 Å². The van der Waals surface area contributed by atoms with Crippen LogP contribution in [-0.4, -0.2) is 101 Å². The summed E-state index contributed by atoms with van der Waals surface area (Å²) in [5, 5.41) is 4.72. The molecule has 31 heavy (non-hydrogen) atoms. The van der Waals surface area contributed by atoms with Crippen molar-refractivity contribution in [2.24, 2.45) is 0 Å². The molecule has 1 aromatic rings. The molecule has 0 N–H and O–H groups in total. The molecule has 5 rings (SSSR count). The van der Waals surface area contributed by atoms with Gasteiger partial charge < -0.3 is 19.6 Å². The van der Waals surface area contributed by atoms with E-state index in [0.29, 0.717) is 12.0 Å². The summed E-state index contributed by atoms with van der Waals surface area (Å²) >= 11 is 0. The molecule has 1 atom stereocenters. The summed E-state index contributed by atoms with van der Waals surface area (Å²) in [7, 11) is 4.18. The van der Waals surface area contributed by atoms with E-state index < -0.39 is 0 Å². The van der Waals surface area contributed by atoms with Gasteiger partial charge >= 0.3 is 6.03 Å². The molecule has 0 aromatic carbocycles. The highest BCUT2D eigenvalue weighted by Crippen LogP contribution is 2.43. The third kappa shape index (κ3) is 4.06. The zero-order valence-corrected chi connectivity index (χ0v) is 19.0. The molecule has 0 radical (unpaired) electrons. The molecule has 4 aliphatic rings. The molecular formula is C23H36N6O2. The monoisotopic (exact) mass is 428 g/mol. The van der Waals surface area contributed by atoms with Crippen LogP contribution >= 0.6 is 0 Å². The lowest BCUT2D eigenvalue weighted by molar-refractivity contribution is 0.0791. The molecule has 1 saturated carbocycles. The van der Waals surface area contributed by atoms with Crippen LogP contribution < -0.4 is 0 Å². The fraction of sp³-hybridized carbons (Fsp3) is 0.783. The summed E-state index contributed by atoms with van der Waals surface area (Å²) in [5.41, 5.74) is 1.99. The smallest absolute Gasteiger partial charge is 0.320 e. The zero-order valence-electron chi connectivity index (χ0n) is 19.0. The first-order chi connectivity index (χ1) is 15.0. The number of amides is 3. The molecule has 1 aromatic heterocycles. The summed E-state index contributed by atoms with van der Waals surface area (Å²) in [5.74, 6) is 0.652. The molecule has 3 aliphatic heterocycles. The van der Waals surface area contributed by atoms with Crippen molar-refractivity contribution in [3.8, 4) is 0 Å². The number of carbonyl (C=O) groups is 2. The fourth-order valence-electron chi connectivity index (χ4n) is 5.52. The SMILES string of the molecule is CN(C)C1CCN(C(=O)N2CCC(n3ncc(C(=O)N4CCCC4)c3C3CC3)CC2)C1. The van der Waals surface area contributed by atoms with Gasteiger partial charge in [-0.25, -0.2) is 4.79 Å². The Labute approximate surface area is 185 Å². The third-order valence-corrected chi connectivity index (χ3v) is 7.67. The van der Waals surface area contributed by atoms with Crippen LogP contribution in [0.5, 0.6) is 0 Å². The molecule has 4 heterocycles. The van der Waals surface area contributed by atoms with Crippen LogP contribution in [0, 0.1) is 0 Å². The van der Waals surface area contributed by atoms with Crippen molar-refractivity contribution in [3.63, 3.8) is 0 Å². The second-order valence-electron chi connectivity index (χ2n) is 10.0. The van der Waals surface area contributed by atoms with Crippen molar-refractivity contribution in [1.82, 2.24) is 29.4 Å². The van der Waals surface area contributed by atoms with Gasteiger partial charge in [0.05, 0.1) is 23.5 Å². The number of hydrogen-bond donors (Lipinski definition) is 0. The van der Waals surface area contributed by atoms with Crippen molar-refractivity contribution >= 4 is 11.9 Å². The summed E-state index contributed by atoms with van der Waals surface area (Å²) in [6.45, 7) is 4.98. The molecule has 3 amide bonds. The van der Waals surface area contributed by atoms with Gasteiger partial charge in [-0.3, -0.25) is 9.48 Å². The molecule has 8 heteroatoms. The molecule has 170 valence electrons. The summed E-state index contributed by atoms with van der Waals surface area (Å²) in [4.78, 5) is 34.3. The minimum atomic E-state index is 0.169. The number of nitrogens with zero attached hydrogens (tertiary/aromatic N) is 6. The van der Waals surface area contributed by atoms with Gasteiger partial charge in [-0.2, -0.15) is 5.10 Å². The lowest BCUT2D eigenvalue weighted by Gasteiger charge is -2.35. The van der Waals surface area contributed by atoms with Gasteiger partial charge in [0.15, 0.2) is 0 Å². The largest absolute Gasteiger partial charge is 0.339 e. The molecule has 3 saturated heterocycles. The highest BCUT2D eigenvalue weighted by molar-refractivity contribution is 5.95. The van der Waals surface area contributed by atoms with Crippen molar-refractivity contribution < 1.29 is 9.59 Å². The van der Waals surface area contributed by atoms with E-state index in [-0.39, 0.29) is 18.0 Å². The van der Waals surface area contributed by atoms with Crippen molar-refractivity contribution in [1.29, 1.82) is 0 Å². The maximum absolute atomic E-state index is 13.1. The molecule has 0 bridgehead atoms. The first-order valence-electron chi connectivity index (χ1n) is 12.1. The van der Waals surface area contributed by atoms with E-state index in [1.54, 1.807) is 0 Å². The molecule has 4 fully saturated rings. The van der Waals surface area contributed by atoms with Gasteiger partial charge in [0, 0.05) is 51.2 Å². The number of carbonyl (C=O) groups excluding carboxylic acids is 2. The van der Waals surface area contributed by atoms with Crippen LogP contribution in [0.25, 0.3) is 0 Å². The number of piperidine rings is 1. The van der Waals surface area contributed by atoms with Crippen molar-refractivity contribution in [2.45, 2.75) is 62.9 Å². The zero-order chi connectivity index (χ0) is 21.5. The number of urea groups is 1. The van der Waals surface area contributed by atoms with Gasteiger partial charge in [0.2, 0.25) is 0 Å². The van der Waals surface area contributed by atoms with Crippen LogP contribution in [0.1, 0.15) is 73.0 Å². The maximum Gasteiger partial charge on any atom is 0.320 e. The van der Waals surface area contributed by atoms with Gasteiger partial charge in [0.25, 0.3) is 5.91 Å². The van der Waals surface area contributed by atoms with E-state index in [9.17, 15) is 9.59 Å². The summed E-state index contributed by atoms with van der Waals surface area (Å²) in [6.07, 6.45) is 9.23. The highest BCUT2D eigenvalue weighted by Gasteiger charge is 2.38. The van der Waals surface area contributed by atoms with Crippen LogP contribution in [-0.2, 0) is 0 Å². The van der Waals surface area contributed by atoms with Crippen LogP contribution in [0.2, 0.25) is 0 Å². The lowest BCUT2D eigenvalue weighted by Crippen LogP contribution is -2.47. The first-order valence-corrected chi connectivity index (χ1v) is 12.1. The Morgan fingerprint density at radius 1 is 0.903 bits per heavy atom. The van der Waals surface area contributed by atoms with Gasteiger partial charge in [-0.15, -0.1) is 0 Å². The van der Waals surface area contributed by atoms with Gasteiger partial charge in [0.1, 0.15) is 0 Å². The number of rotatable bonds is 4. The number of aromatic nitrogens is 2. The van der Waals surface area contributed by atoms with Gasteiger partial charge in [-0.1, -0.05) is 0 Å². The number of likely N-dealkylation sites (tertiary alicyclic amines) is 3. The lowest BCUT2D eigenvalue weighted by atomic mass is 10.0. The van der Waals surface area contributed by atoms with Crippen LogP contribution in [0.15, 0.2) is 6.20 Å². The predicted molar refractivity (Wildman–Crippen MR) is 118 cm³/mol. The fourth-order valence-corrected chi connectivity index (χ4v) is 5.52. The maximum atomic E-state index is 13.1. The normalized spacial score (nSPS) is 25.1. The average Bonchev–Trinajstić information content (AvgIpc) is 3.22. The Bertz CT molecular complexity index is 818. The minimum Gasteiger partial charge on any atom is -0.339 e. The summed E-state index contributed by atoms with van der Waals surface area (Å²) < 4.78 is 2.15. The van der Waals surface area contributed by atoms with Crippen molar-refractivity contribution in [2.75, 3.05) is 53.4 Å². The molecule has 1 aliphatic carbocycles. The quantitative estimate of drug-likeness (QED) is 0.739. The molecule has 1 unspecified atom stereocenters. The second kappa shape index (κ2) is 8.45. The van der Waals surface area contributed by atoms with E-state index in [1.165, 1.54) is 0 Å².